The van der Waals surface area contributed by atoms with Gasteiger partial charge in [-0.25, -0.2) is 0 Å². The van der Waals surface area contributed by atoms with Crippen LogP contribution in [0.25, 0.3) is 0 Å². The third kappa shape index (κ3) is 7.65. The summed E-state index contributed by atoms with van der Waals surface area (Å²) in [6.07, 6.45) is 1.21. The number of ether oxygens (including phenoxy) is 1. The van der Waals surface area contributed by atoms with E-state index >= 15 is 0 Å². The molecule has 1 N–H and O–H groups in total. The molecular formula is C12H21NO5. The van der Waals surface area contributed by atoms with Crippen molar-refractivity contribution in [1.82, 2.24) is 4.90 Å². The molecule has 0 atom stereocenters. The fraction of sp³-hybridized carbons (Fsp3) is 0.750. The molecule has 0 saturated carbocycles. The fourth-order valence-electron chi connectivity index (χ4n) is 1.42. The zero-order valence-corrected chi connectivity index (χ0v) is 11.0. The first-order chi connectivity index (χ1) is 8.51. The summed E-state index contributed by atoms with van der Waals surface area (Å²) < 4.78 is 4.73. The van der Waals surface area contributed by atoms with Gasteiger partial charge >= 0.3 is 11.9 Å². The number of hydrogen-bond donors (Lipinski definition) is 1. The van der Waals surface area contributed by atoms with Crippen molar-refractivity contribution >= 4 is 17.8 Å². The van der Waals surface area contributed by atoms with Gasteiger partial charge in [0.1, 0.15) is 0 Å². The first-order valence-corrected chi connectivity index (χ1v) is 6.16. The Balaban J connectivity index is 3.98. The van der Waals surface area contributed by atoms with Gasteiger partial charge in [-0.15, -0.1) is 0 Å². The van der Waals surface area contributed by atoms with Crippen molar-refractivity contribution < 1.29 is 24.2 Å². The lowest BCUT2D eigenvalue weighted by Crippen LogP contribution is -2.35. The van der Waals surface area contributed by atoms with Gasteiger partial charge < -0.3 is 14.7 Å². The number of esters is 1. The Morgan fingerprint density at radius 3 is 2.06 bits per heavy atom. The molecule has 0 saturated heterocycles. The SMILES string of the molecule is CCCN(CCC)C(=O)COC(=O)CCC(=O)O. The second kappa shape index (κ2) is 9.44. The van der Waals surface area contributed by atoms with E-state index in [1.54, 1.807) is 4.90 Å². The average Bonchev–Trinajstić information content (AvgIpc) is 2.33. The van der Waals surface area contributed by atoms with E-state index in [2.05, 4.69) is 0 Å². The summed E-state index contributed by atoms with van der Waals surface area (Å²) in [5.41, 5.74) is 0. The monoisotopic (exact) mass is 259 g/mol. The topological polar surface area (TPSA) is 83.9 Å². The highest BCUT2D eigenvalue weighted by Crippen LogP contribution is 1.98. The van der Waals surface area contributed by atoms with Crippen molar-refractivity contribution in [3.05, 3.63) is 0 Å². The largest absolute Gasteiger partial charge is 0.481 e. The van der Waals surface area contributed by atoms with E-state index in [1.807, 2.05) is 13.8 Å². The normalized spacial score (nSPS) is 9.89. The molecule has 0 bridgehead atoms. The highest BCUT2D eigenvalue weighted by molar-refractivity contribution is 5.81. The molecule has 0 aliphatic carbocycles. The molecule has 6 heteroatoms. The standard InChI is InChI=1S/C12H21NO5/c1-3-7-13(8-4-2)10(14)9-18-12(17)6-5-11(15)16/h3-9H2,1-2H3,(H,15,16). The second-order valence-electron chi connectivity index (χ2n) is 3.94. The minimum atomic E-state index is -1.06. The van der Waals surface area contributed by atoms with E-state index in [4.69, 9.17) is 9.84 Å². The molecule has 1 amide bonds. The van der Waals surface area contributed by atoms with Gasteiger partial charge in [-0.3, -0.25) is 14.4 Å². The molecule has 0 aromatic rings. The van der Waals surface area contributed by atoms with E-state index in [-0.39, 0.29) is 25.4 Å². The lowest BCUT2D eigenvalue weighted by atomic mass is 10.3. The molecule has 104 valence electrons. The fourth-order valence-corrected chi connectivity index (χ4v) is 1.42. The Morgan fingerprint density at radius 1 is 1.06 bits per heavy atom. The first kappa shape index (κ1) is 16.4. The van der Waals surface area contributed by atoms with Crippen LogP contribution in [0.1, 0.15) is 39.5 Å². The van der Waals surface area contributed by atoms with Gasteiger partial charge in [0, 0.05) is 13.1 Å². The van der Waals surface area contributed by atoms with Crippen LogP contribution in [-0.2, 0) is 19.1 Å². The third-order valence-corrected chi connectivity index (χ3v) is 2.24. The van der Waals surface area contributed by atoms with Crippen molar-refractivity contribution in [1.29, 1.82) is 0 Å². The summed E-state index contributed by atoms with van der Waals surface area (Å²) in [6, 6.07) is 0. The number of nitrogens with zero attached hydrogens (tertiary/aromatic N) is 1. The Morgan fingerprint density at radius 2 is 1.61 bits per heavy atom. The van der Waals surface area contributed by atoms with Gasteiger partial charge in [0.15, 0.2) is 6.61 Å². The lowest BCUT2D eigenvalue weighted by Gasteiger charge is -2.21. The quantitative estimate of drug-likeness (QED) is 0.625. The van der Waals surface area contributed by atoms with Gasteiger partial charge in [-0.2, -0.15) is 0 Å². The summed E-state index contributed by atoms with van der Waals surface area (Å²) in [4.78, 5) is 34.7. The molecule has 18 heavy (non-hydrogen) atoms. The van der Waals surface area contributed by atoms with Crippen LogP contribution in [0.5, 0.6) is 0 Å². The number of carbonyl (C=O) groups is 3. The van der Waals surface area contributed by atoms with E-state index in [9.17, 15) is 14.4 Å². The van der Waals surface area contributed by atoms with Crippen LogP contribution in [-0.4, -0.2) is 47.5 Å². The van der Waals surface area contributed by atoms with Crippen molar-refractivity contribution in [2.24, 2.45) is 0 Å². The minimum absolute atomic E-state index is 0.204. The predicted molar refractivity (Wildman–Crippen MR) is 65.0 cm³/mol. The molecule has 0 rings (SSSR count). The van der Waals surface area contributed by atoms with Crippen LogP contribution in [0.15, 0.2) is 0 Å². The molecule has 0 aromatic carbocycles. The maximum atomic E-state index is 11.7. The first-order valence-electron chi connectivity index (χ1n) is 6.16. The van der Waals surface area contributed by atoms with E-state index in [0.717, 1.165) is 12.8 Å². The molecule has 6 nitrogen and oxygen atoms in total. The number of carbonyl (C=O) groups excluding carboxylic acids is 2. The average molecular weight is 259 g/mol. The molecule has 0 aliphatic rings. The zero-order valence-electron chi connectivity index (χ0n) is 11.0. The predicted octanol–water partition coefficient (Wildman–Crippen LogP) is 1.04. The van der Waals surface area contributed by atoms with Crippen LogP contribution < -0.4 is 0 Å². The van der Waals surface area contributed by atoms with Crippen LogP contribution >= 0.6 is 0 Å². The van der Waals surface area contributed by atoms with E-state index in [0.29, 0.717) is 13.1 Å². The van der Waals surface area contributed by atoms with Gasteiger partial charge in [-0.05, 0) is 12.8 Å². The number of amides is 1. The van der Waals surface area contributed by atoms with Crippen molar-refractivity contribution in [2.45, 2.75) is 39.5 Å². The molecule has 0 unspecified atom stereocenters. The van der Waals surface area contributed by atoms with Crippen LogP contribution in [0, 0.1) is 0 Å². The number of aliphatic carboxylic acids is 1. The van der Waals surface area contributed by atoms with Crippen molar-refractivity contribution in [2.75, 3.05) is 19.7 Å². The number of hydrogen-bond acceptors (Lipinski definition) is 4. The van der Waals surface area contributed by atoms with Crippen molar-refractivity contribution in [3.63, 3.8) is 0 Å². The minimum Gasteiger partial charge on any atom is -0.481 e. The lowest BCUT2D eigenvalue weighted by molar-refractivity contribution is -0.153. The molecule has 0 heterocycles. The van der Waals surface area contributed by atoms with Gasteiger partial charge in [0.2, 0.25) is 0 Å². The maximum absolute atomic E-state index is 11.7. The van der Waals surface area contributed by atoms with E-state index < -0.39 is 11.9 Å². The summed E-state index contributed by atoms with van der Waals surface area (Å²) >= 11 is 0. The Bertz CT molecular complexity index is 284. The number of rotatable bonds is 9. The van der Waals surface area contributed by atoms with Crippen LogP contribution in [0.4, 0.5) is 0 Å². The molecule has 0 fully saturated rings. The third-order valence-electron chi connectivity index (χ3n) is 2.24. The van der Waals surface area contributed by atoms with Crippen LogP contribution in [0.3, 0.4) is 0 Å². The van der Waals surface area contributed by atoms with Crippen LogP contribution in [0.2, 0.25) is 0 Å². The summed E-state index contributed by atoms with van der Waals surface area (Å²) in [5.74, 6) is -1.95. The summed E-state index contributed by atoms with van der Waals surface area (Å²) in [7, 11) is 0. The highest BCUT2D eigenvalue weighted by Gasteiger charge is 2.14. The molecule has 0 radical (unpaired) electrons. The van der Waals surface area contributed by atoms with Gasteiger partial charge in [0.05, 0.1) is 12.8 Å². The molecule has 0 aromatic heterocycles. The smallest absolute Gasteiger partial charge is 0.306 e. The molecule has 0 spiro atoms. The summed E-state index contributed by atoms with van der Waals surface area (Å²) in [5, 5.41) is 8.38. The zero-order chi connectivity index (χ0) is 14.0. The Labute approximate surface area is 107 Å². The van der Waals surface area contributed by atoms with Crippen molar-refractivity contribution in [3.8, 4) is 0 Å². The summed E-state index contributed by atoms with van der Waals surface area (Å²) in [6.45, 7) is 4.90. The Kier molecular flexibility index (Phi) is 8.61. The number of carboxylic acid groups (broad SMARTS) is 1. The van der Waals surface area contributed by atoms with Gasteiger partial charge in [0.25, 0.3) is 5.91 Å². The Hall–Kier alpha value is -1.59. The number of carboxylic acids is 1. The molecular weight excluding hydrogens is 238 g/mol. The van der Waals surface area contributed by atoms with Gasteiger partial charge in [-0.1, -0.05) is 13.8 Å². The molecule has 0 aliphatic heterocycles. The second-order valence-corrected chi connectivity index (χ2v) is 3.94. The maximum Gasteiger partial charge on any atom is 0.306 e. The highest BCUT2D eigenvalue weighted by atomic mass is 16.5. The van der Waals surface area contributed by atoms with E-state index in [1.165, 1.54) is 0 Å².